The molecule has 1 aromatic heterocycles. The Kier molecular flexibility index (Phi) is 5.60. The van der Waals surface area contributed by atoms with Crippen LogP contribution in [-0.2, 0) is 9.53 Å². The van der Waals surface area contributed by atoms with Gasteiger partial charge >= 0.3 is 5.97 Å². The van der Waals surface area contributed by atoms with E-state index in [4.69, 9.17) is 39.5 Å². The van der Waals surface area contributed by atoms with Gasteiger partial charge in [0, 0.05) is 11.2 Å². The molecular formula is C14H9Cl3N2O3. The quantitative estimate of drug-likeness (QED) is 0.665. The van der Waals surface area contributed by atoms with Gasteiger partial charge in [0.1, 0.15) is 5.15 Å². The molecule has 8 heteroatoms. The summed E-state index contributed by atoms with van der Waals surface area (Å²) in [7, 11) is 0. The molecule has 0 aliphatic carbocycles. The Hall–Kier alpha value is -1.82. The first-order valence-corrected chi connectivity index (χ1v) is 7.12. The van der Waals surface area contributed by atoms with Crippen LogP contribution in [0.25, 0.3) is 0 Å². The standard InChI is InChI=1S/C14H9Cl3N2O3/c15-9-1-2-11(10(16)6-9)19-13(20)7-22-14(21)8-3-4-18-12(17)5-8/h1-6H,7H2,(H,19,20). The zero-order chi connectivity index (χ0) is 16.1. The summed E-state index contributed by atoms with van der Waals surface area (Å²) in [5.74, 6) is -1.21. The predicted octanol–water partition coefficient (Wildman–Crippen LogP) is 3.84. The van der Waals surface area contributed by atoms with E-state index in [-0.39, 0.29) is 15.7 Å². The SMILES string of the molecule is O=C(COC(=O)c1ccnc(Cl)c1)Nc1ccc(Cl)cc1Cl. The number of amides is 1. The molecule has 1 amide bonds. The molecule has 0 aliphatic heterocycles. The number of hydrogen-bond donors (Lipinski definition) is 1. The molecule has 2 rings (SSSR count). The van der Waals surface area contributed by atoms with Gasteiger partial charge in [0.15, 0.2) is 6.61 Å². The first-order chi connectivity index (χ1) is 10.5. The Morgan fingerprint density at radius 3 is 2.59 bits per heavy atom. The molecule has 0 spiro atoms. The van der Waals surface area contributed by atoms with Crippen molar-refractivity contribution >= 4 is 52.4 Å². The molecule has 114 valence electrons. The van der Waals surface area contributed by atoms with Crippen LogP contribution in [0.5, 0.6) is 0 Å². The van der Waals surface area contributed by atoms with Gasteiger partial charge in [0.05, 0.1) is 16.3 Å². The highest BCUT2D eigenvalue weighted by molar-refractivity contribution is 6.36. The third-order valence-electron chi connectivity index (χ3n) is 2.50. The number of anilines is 1. The average Bonchev–Trinajstić information content (AvgIpc) is 2.47. The first kappa shape index (κ1) is 16.5. The molecule has 0 saturated heterocycles. The Bertz CT molecular complexity index is 722. The van der Waals surface area contributed by atoms with Crippen molar-refractivity contribution in [2.75, 3.05) is 11.9 Å². The van der Waals surface area contributed by atoms with Gasteiger partial charge in [-0.3, -0.25) is 4.79 Å². The van der Waals surface area contributed by atoms with Gasteiger partial charge in [-0.25, -0.2) is 9.78 Å². The minimum absolute atomic E-state index is 0.159. The number of carbonyl (C=O) groups is 2. The summed E-state index contributed by atoms with van der Waals surface area (Å²) in [6, 6.07) is 7.39. The largest absolute Gasteiger partial charge is 0.452 e. The lowest BCUT2D eigenvalue weighted by Gasteiger charge is -2.08. The number of rotatable bonds is 4. The number of pyridine rings is 1. The number of ether oxygens (including phenoxy) is 1. The lowest BCUT2D eigenvalue weighted by atomic mass is 10.3. The number of carbonyl (C=O) groups excluding carboxylic acids is 2. The molecule has 0 saturated carbocycles. The summed E-state index contributed by atoms with van der Waals surface area (Å²) in [5.41, 5.74) is 0.580. The molecule has 22 heavy (non-hydrogen) atoms. The van der Waals surface area contributed by atoms with Crippen molar-refractivity contribution in [3.63, 3.8) is 0 Å². The zero-order valence-electron chi connectivity index (χ0n) is 11.0. The molecule has 0 atom stereocenters. The first-order valence-electron chi connectivity index (χ1n) is 5.99. The third-order valence-corrected chi connectivity index (χ3v) is 3.26. The summed E-state index contributed by atoms with van der Waals surface area (Å²) in [5, 5.41) is 3.40. The summed E-state index contributed by atoms with van der Waals surface area (Å²) in [4.78, 5) is 27.2. The van der Waals surface area contributed by atoms with Crippen molar-refractivity contribution in [1.82, 2.24) is 4.98 Å². The maximum atomic E-state index is 11.7. The molecule has 5 nitrogen and oxygen atoms in total. The van der Waals surface area contributed by atoms with Gasteiger partial charge in [-0.15, -0.1) is 0 Å². The van der Waals surface area contributed by atoms with Gasteiger partial charge in [-0.05, 0) is 30.3 Å². The number of halogens is 3. The third kappa shape index (κ3) is 4.59. The second-order valence-electron chi connectivity index (χ2n) is 4.12. The number of hydrogen-bond acceptors (Lipinski definition) is 4. The Balaban J connectivity index is 1.91. The van der Waals surface area contributed by atoms with Crippen molar-refractivity contribution in [2.45, 2.75) is 0 Å². The minimum atomic E-state index is -0.679. The highest BCUT2D eigenvalue weighted by Gasteiger charge is 2.12. The van der Waals surface area contributed by atoms with Crippen LogP contribution in [0.2, 0.25) is 15.2 Å². The summed E-state index contributed by atoms with van der Waals surface area (Å²) in [6.07, 6.45) is 1.37. The molecule has 0 unspecified atom stereocenters. The van der Waals surface area contributed by atoms with Gasteiger partial charge in [0.2, 0.25) is 0 Å². The fourth-order valence-electron chi connectivity index (χ4n) is 1.52. The smallest absolute Gasteiger partial charge is 0.338 e. The molecule has 0 radical (unpaired) electrons. The second kappa shape index (κ2) is 7.45. The Labute approximate surface area is 141 Å². The topological polar surface area (TPSA) is 68.3 Å². The van der Waals surface area contributed by atoms with E-state index in [1.54, 1.807) is 12.1 Å². The van der Waals surface area contributed by atoms with E-state index in [9.17, 15) is 9.59 Å². The zero-order valence-corrected chi connectivity index (χ0v) is 13.2. The van der Waals surface area contributed by atoms with Crippen molar-refractivity contribution in [3.8, 4) is 0 Å². The molecule has 2 aromatic rings. The average molecular weight is 360 g/mol. The molecule has 1 N–H and O–H groups in total. The molecule has 0 fully saturated rings. The van der Waals surface area contributed by atoms with Crippen LogP contribution in [0.1, 0.15) is 10.4 Å². The van der Waals surface area contributed by atoms with Crippen LogP contribution in [-0.4, -0.2) is 23.5 Å². The van der Waals surface area contributed by atoms with Gasteiger partial charge in [-0.1, -0.05) is 34.8 Å². The predicted molar refractivity (Wildman–Crippen MR) is 84.6 cm³/mol. The van der Waals surface area contributed by atoms with E-state index >= 15 is 0 Å². The van der Waals surface area contributed by atoms with E-state index in [1.165, 1.54) is 24.4 Å². The van der Waals surface area contributed by atoms with Gasteiger partial charge in [0.25, 0.3) is 5.91 Å². The number of aromatic nitrogens is 1. The lowest BCUT2D eigenvalue weighted by molar-refractivity contribution is -0.119. The number of benzene rings is 1. The van der Waals surface area contributed by atoms with Crippen LogP contribution in [0.3, 0.4) is 0 Å². The minimum Gasteiger partial charge on any atom is -0.452 e. The van der Waals surface area contributed by atoms with E-state index < -0.39 is 18.5 Å². The van der Waals surface area contributed by atoms with E-state index in [0.717, 1.165) is 0 Å². The molecular weight excluding hydrogens is 351 g/mol. The summed E-state index contributed by atoms with van der Waals surface area (Å²) in [6.45, 7) is -0.461. The monoisotopic (exact) mass is 358 g/mol. The van der Waals surface area contributed by atoms with Crippen molar-refractivity contribution in [2.24, 2.45) is 0 Å². The Morgan fingerprint density at radius 2 is 1.91 bits per heavy atom. The van der Waals surface area contributed by atoms with Crippen LogP contribution in [0.4, 0.5) is 5.69 Å². The Morgan fingerprint density at radius 1 is 1.14 bits per heavy atom. The fourth-order valence-corrected chi connectivity index (χ4v) is 2.15. The maximum Gasteiger partial charge on any atom is 0.338 e. The van der Waals surface area contributed by atoms with E-state index in [1.807, 2.05) is 0 Å². The lowest BCUT2D eigenvalue weighted by Crippen LogP contribution is -2.21. The number of nitrogens with zero attached hydrogens (tertiary/aromatic N) is 1. The van der Waals surface area contributed by atoms with Crippen LogP contribution >= 0.6 is 34.8 Å². The summed E-state index contributed by atoms with van der Waals surface area (Å²) < 4.78 is 4.87. The molecule has 0 aliphatic rings. The molecule has 0 bridgehead atoms. The number of esters is 1. The van der Waals surface area contributed by atoms with Crippen molar-refractivity contribution in [3.05, 3.63) is 57.3 Å². The van der Waals surface area contributed by atoms with Crippen LogP contribution in [0.15, 0.2) is 36.5 Å². The highest BCUT2D eigenvalue weighted by atomic mass is 35.5. The summed E-state index contributed by atoms with van der Waals surface area (Å²) >= 11 is 17.3. The van der Waals surface area contributed by atoms with Gasteiger partial charge in [-0.2, -0.15) is 0 Å². The fraction of sp³-hybridized carbons (Fsp3) is 0.0714. The molecule has 1 heterocycles. The number of nitrogens with one attached hydrogen (secondary N) is 1. The normalized spacial score (nSPS) is 10.1. The molecule has 1 aromatic carbocycles. The van der Waals surface area contributed by atoms with Crippen LogP contribution in [0, 0.1) is 0 Å². The second-order valence-corrected chi connectivity index (χ2v) is 5.35. The van der Waals surface area contributed by atoms with Gasteiger partial charge < -0.3 is 10.1 Å². The van der Waals surface area contributed by atoms with Crippen molar-refractivity contribution < 1.29 is 14.3 Å². The van der Waals surface area contributed by atoms with E-state index in [0.29, 0.717) is 10.7 Å². The maximum absolute atomic E-state index is 11.7. The van der Waals surface area contributed by atoms with Crippen LogP contribution < -0.4 is 5.32 Å². The highest BCUT2D eigenvalue weighted by Crippen LogP contribution is 2.25. The van der Waals surface area contributed by atoms with E-state index in [2.05, 4.69) is 10.3 Å². The van der Waals surface area contributed by atoms with Crippen molar-refractivity contribution in [1.29, 1.82) is 0 Å².